The van der Waals surface area contributed by atoms with Crippen molar-refractivity contribution in [1.82, 2.24) is 5.32 Å². The molecule has 0 radical (unpaired) electrons. The number of carbonyl (C=O) groups is 1. The van der Waals surface area contributed by atoms with Crippen LogP contribution in [0.2, 0.25) is 0 Å². The van der Waals surface area contributed by atoms with Gasteiger partial charge in [0.25, 0.3) is 5.91 Å². The summed E-state index contributed by atoms with van der Waals surface area (Å²) in [5.74, 6) is 0.00310. The smallest absolute Gasteiger partial charge is 0.259 e. The van der Waals surface area contributed by atoms with Gasteiger partial charge < -0.3 is 5.73 Å². The SMILES string of the molecule is CSc1ccc(C2(C)N=C(N)NC2=O)cc1. The number of aliphatic imine (C=N–C) groups is 1. The monoisotopic (exact) mass is 235 g/mol. The molecule has 4 nitrogen and oxygen atoms in total. The van der Waals surface area contributed by atoms with E-state index in [4.69, 9.17) is 5.73 Å². The van der Waals surface area contributed by atoms with Gasteiger partial charge in [0.15, 0.2) is 11.5 Å². The number of nitrogens with one attached hydrogen (secondary N) is 1. The highest BCUT2D eigenvalue weighted by atomic mass is 32.2. The number of thioether (sulfide) groups is 1. The standard InChI is InChI=1S/C11H13N3OS/c1-11(9(15)13-10(12)14-11)7-3-5-8(16-2)6-4-7/h3-6H,1-2H3,(H3,12,13,14,15). The van der Waals surface area contributed by atoms with E-state index in [0.717, 1.165) is 10.5 Å². The molecular weight excluding hydrogens is 222 g/mol. The van der Waals surface area contributed by atoms with Crippen LogP contribution in [0.4, 0.5) is 0 Å². The maximum absolute atomic E-state index is 11.8. The maximum atomic E-state index is 11.8. The van der Waals surface area contributed by atoms with E-state index in [9.17, 15) is 4.79 Å². The molecule has 0 fully saturated rings. The third-order valence-electron chi connectivity index (χ3n) is 2.68. The number of rotatable bonds is 2. The topological polar surface area (TPSA) is 67.5 Å². The first kappa shape index (κ1) is 11.0. The molecule has 2 rings (SSSR count). The van der Waals surface area contributed by atoms with Crippen molar-refractivity contribution in [2.24, 2.45) is 10.7 Å². The van der Waals surface area contributed by atoms with Crippen molar-refractivity contribution in [2.75, 3.05) is 6.26 Å². The van der Waals surface area contributed by atoms with Gasteiger partial charge in [-0.2, -0.15) is 0 Å². The quantitative estimate of drug-likeness (QED) is 0.753. The Kier molecular flexibility index (Phi) is 2.63. The highest BCUT2D eigenvalue weighted by Gasteiger charge is 2.39. The van der Waals surface area contributed by atoms with Crippen LogP contribution in [-0.2, 0) is 10.3 Å². The van der Waals surface area contributed by atoms with E-state index in [1.807, 2.05) is 30.5 Å². The molecule has 1 atom stereocenters. The van der Waals surface area contributed by atoms with Gasteiger partial charge in [-0.15, -0.1) is 11.8 Å². The number of guanidine groups is 1. The summed E-state index contributed by atoms with van der Waals surface area (Å²) in [6, 6.07) is 7.77. The second kappa shape index (κ2) is 3.83. The minimum atomic E-state index is -0.888. The van der Waals surface area contributed by atoms with Crippen molar-refractivity contribution in [3.05, 3.63) is 29.8 Å². The van der Waals surface area contributed by atoms with Crippen LogP contribution in [0.1, 0.15) is 12.5 Å². The summed E-state index contributed by atoms with van der Waals surface area (Å²) in [5.41, 5.74) is 5.47. The molecule has 5 heteroatoms. The summed E-state index contributed by atoms with van der Waals surface area (Å²) in [7, 11) is 0. The normalized spacial score (nSPS) is 24.1. The van der Waals surface area contributed by atoms with Crippen molar-refractivity contribution in [1.29, 1.82) is 0 Å². The van der Waals surface area contributed by atoms with Gasteiger partial charge in [0.2, 0.25) is 0 Å². The van der Waals surface area contributed by atoms with Crippen LogP contribution in [0.15, 0.2) is 34.2 Å². The fraction of sp³-hybridized carbons (Fsp3) is 0.273. The molecule has 3 N–H and O–H groups in total. The molecule has 16 heavy (non-hydrogen) atoms. The largest absolute Gasteiger partial charge is 0.370 e. The lowest BCUT2D eigenvalue weighted by atomic mass is 9.93. The molecule has 1 aromatic carbocycles. The lowest BCUT2D eigenvalue weighted by Crippen LogP contribution is -2.37. The number of hydrogen-bond acceptors (Lipinski definition) is 4. The second-order valence-corrected chi connectivity index (χ2v) is 4.63. The molecule has 1 aliphatic heterocycles. The molecule has 1 aliphatic rings. The van der Waals surface area contributed by atoms with Gasteiger partial charge in [0, 0.05) is 4.90 Å². The lowest BCUT2D eigenvalue weighted by molar-refractivity contribution is -0.123. The van der Waals surface area contributed by atoms with Crippen molar-refractivity contribution < 1.29 is 4.79 Å². The zero-order chi connectivity index (χ0) is 11.8. The van der Waals surface area contributed by atoms with E-state index in [-0.39, 0.29) is 11.9 Å². The van der Waals surface area contributed by atoms with E-state index in [1.165, 1.54) is 0 Å². The van der Waals surface area contributed by atoms with Crippen molar-refractivity contribution in [3.8, 4) is 0 Å². The number of amides is 1. The van der Waals surface area contributed by atoms with Crippen LogP contribution >= 0.6 is 11.8 Å². The van der Waals surface area contributed by atoms with Crippen molar-refractivity contribution in [3.63, 3.8) is 0 Å². The van der Waals surface area contributed by atoms with Gasteiger partial charge >= 0.3 is 0 Å². The first-order chi connectivity index (χ1) is 7.56. The Morgan fingerprint density at radius 2 is 2.00 bits per heavy atom. The predicted octanol–water partition coefficient (Wildman–Crippen LogP) is 1.07. The first-order valence-electron chi connectivity index (χ1n) is 4.87. The Morgan fingerprint density at radius 1 is 1.38 bits per heavy atom. The lowest BCUT2D eigenvalue weighted by Gasteiger charge is -2.18. The van der Waals surface area contributed by atoms with E-state index in [1.54, 1.807) is 18.7 Å². The zero-order valence-corrected chi connectivity index (χ0v) is 9.97. The highest BCUT2D eigenvalue weighted by molar-refractivity contribution is 7.98. The van der Waals surface area contributed by atoms with Crippen LogP contribution < -0.4 is 11.1 Å². The molecule has 1 heterocycles. The van der Waals surface area contributed by atoms with Gasteiger partial charge in [-0.05, 0) is 30.9 Å². The molecule has 1 aromatic rings. The number of nitrogens with zero attached hydrogens (tertiary/aromatic N) is 1. The summed E-state index contributed by atoms with van der Waals surface area (Å²) in [4.78, 5) is 17.1. The Morgan fingerprint density at radius 3 is 2.44 bits per heavy atom. The van der Waals surface area contributed by atoms with Crippen molar-refractivity contribution >= 4 is 23.6 Å². The second-order valence-electron chi connectivity index (χ2n) is 3.75. The molecule has 84 valence electrons. The van der Waals surface area contributed by atoms with Gasteiger partial charge in [-0.25, -0.2) is 4.99 Å². The van der Waals surface area contributed by atoms with Crippen LogP contribution in [0.5, 0.6) is 0 Å². The molecule has 0 saturated heterocycles. The first-order valence-corrected chi connectivity index (χ1v) is 6.10. The van der Waals surface area contributed by atoms with Crippen LogP contribution in [-0.4, -0.2) is 18.1 Å². The minimum absolute atomic E-state index is 0.179. The number of carbonyl (C=O) groups excluding carboxylic acids is 1. The molecule has 1 amide bonds. The average Bonchev–Trinajstić information content (AvgIpc) is 2.54. The molecule has 0 bridgehead atoms. The molecule has 0 aromatic heterocycles. The Bertz CT molecular complexity index is 455. The number of hydrogen-bond donors (Lipinski definition) is 2. The maximum Gasteiger partial charge on any atom is 0.259 e. The van der Waals surface area contributed by atoms with Crippen LogP contribution in [0.3, 0.4) is 0 Å². The third kappa shape index (κ3) is 1.67. The number of nitrogens with two attached hydrogens (primary N) is 1. The van der Waals surface area contributed by atoms with Crippen LogP contribution in [0, 0.1) is 0 Å². The third-order valence-corrected chi connectivity index (χ3v) is 3.42. The molecular formula is C11H13N3OS. The molecule has 0 saturated carbocycles. The molecule has 0 aliphatic carbocycles. The average molecular weight is 235 g/mol. The number of benzene rings is 1. The zero-order valence-electron chi connectivity index (χ0n) is 9.15. The molecule has 0 spiro atoms. The van der Waals surface area contributed by atoms with Crippen LogP contribution in [0.25, 0.3) is 0 Å². The highest BCUT2D eigenvalue weighted by Crippen LogP contribution is 2.29. The summed E-state index contributed by atoms with van der Waals surface area (Å²) < 4.78 is 0. The summed E-state index contributed by atoms with van der Waals surface area (Å²) >= 11 is 1.66. The fourth-order valence-corrected chi connectivity index (χ4v) is 2.08. The predicted molar refractivity (Wildman–Crippen MR) is 65.3 cm³/mol. The summed E-state index contributed by atoms with van der Waals surface area (Å²) in [6.07, 6.45) is 2.01. The van der Waals surface area contributed by atoms with E-state index < -0.39 is 5.54 Å². The van der Waals surface area contributed by atoms with Crippen molar-refractivity contribution in [2.45, 2.75) is 17.4 Å². The van der Waals surface area contributed by atoms with Gasteiger partial charge in [0.05, 0.1) is 0 Å². The van der Waals surface area contributed by atoms with E-state index in [0.29, 0.717) is 0 Å². The summed E-state index contributed by atoms with van der Waals surface area (Å²) in [5, 5.41) is 2.52. The molecule has 1 unspecified atom stereocenters. The van der Waals surface area contributed by atoms with E-state index in [2.05, 4.69) is 10.3 Å². The Labute approximate surface area is 98.3 Å². The van der Waals surface area contributed by atoms with E-state index >= 15 is 0 Å². The summed E-state index contributed by atoms with van der Waals surface area (Å²) in [6.45, 7) is 1.76. The Balaban J connectivity index is 2.40. The fourth-order valence-electron chi connectivity index (χ4n) is 1.67. The Hall–Kier alpha value is -1.49. The minimum Gasteiger partial charge on any atom is -0.370 e. The van der Waals surface area contributed by atoms with Gasteiger partial charge in [-0.3, -0.25) is 10.1 Å². The van der Waals surface area contributed by atoms with Gasteiger partial charge in [0.1, 0.15) is 0 Å². The van der Waals surface area contributed by atoms with Gasteiger partial charge in [-0.1, -0.05) is 12.1 Å².